The topological polar surface area (TPSA) is 185 Å². The van der Waals surface area contributed by atoms with Gasteiger partial charge in [0.15, 0.2) is 5.01 Å². The van der Waals surface area contributed by atoms with Crippen LogP contribution in [0.4, 0.5) is 10.8 Å². The van der Waals surface area contributed by atoms with E-state index in [-0.39, 0.29) is 24.8 Å². The van der Waals surface area contributed by atoms with Crippen molar-refractivity contribution in [2.24, 2.45) is 0 Å². The maximum atomic E-state index is 13.3. The number of carbonyl (C=O) groups excluding carboxylic acids is 4. The number of nitriles is 1. The van der Waals surface area contributed by atoms with Crippen molar-refractivity contribution < 1.29 is 19.2 Å². The number of carbonyl (C=O) groups is 4. The highest BCUT2D eigenvalue weighted by Crippen LogP contribution is 2.36. The van der Waals surface area contributed by atoms with Gasteiger partial charge >= 0.3 is 0 Å². The monoisotopic (exact) mass is 798 g/mol. The van der Waals surface area contributed by atoms with E-state index in [9.17, 15) is 24.4 Å². The Hall–Kier alpha value is -6.09. The molecular formula is C41H42N12O4S. The minimum Gasteiger partial charge on any atom is -0.382 e. The zero-order valence-corrected chi connectivity index (χ0v) is 33.0. The molecule has 5 aromatic rings. The van der Waals surface area contributed by atoms with Crippen molar-refractivity contribution in [2.45, 2.75) is 64.2 Å². The molecule has 4 amide bonds. The first-order chi connectivity index (χ1) is 28.1. The van der Waals surface area contributed by atoms with Crippen LogP contribution >= 0.6 is 11.3 Å². The van der Waals surface area contributed by atoms with Crippen molar-refractivity contribution in [3.05, 3.63) is 77.1 Å². The molecule has 0 spiro atoms. The fourth-order valence-corrected chi connectivity index (χ4v) is 9.42. The molecule has 58 heavy (non-hydrogen) atoms. The predicted octanol–water partition coefficient (Wildman–Crippen LogP) is 3.79. The number of rotatable bonds is 9. The fraction of sp³-hybridized carbons (Fsp3) is 0.390. The third-order valence-corrected chi connectivity index (χ3v) is 12.5. The molecule has 9 rings (SSSR count). The molecule has 2 N–H and O–H groups in total. The number of benzene rings is 1. The number of imide groups is 2. The average Bonchev–Trinajstić information content (AvgIpc) is 3.95. The second kappa shape index (κ2) is 15.3. The molecule has 0 bridgehead atoms. The number of piperidine rings is 2. The summed E-state index contributed by atoms with van der Waals surface area (Å²) in [5.41, 5.74) is 6.30. The molecule has 0 aliphatic carbocycles. The quantitative estimate of drug-likeness (QED) is 0.206. The van der Waals surface area contributed by atoms with E-state index >= 15 is 0 Å². The zero-order valence-electron chi connectivity index (χ0n) is 32.2. The summed E-state index contributed by atoms with van der Waals surface area (Å²) in [7, 11) is 0. The molecule has 16 nitrogen and oxygen atoms in total. The maximum absolute atomic E-state index is 13.3. The van der Waals surface area contributed by atoms with Crippen molar-refractivity contribution in [3.63, 3.8) is 0 Å². The van der Waals surface area contributed by atoms with Gasteiger partial charge in [-0.05, 0) is 88.2 Å². The smallest absolute Gasteiger partial charge is 0.262 e. The first kappa shape index (κ1) is 37.5. The minimum absolute atomic E-state index is 0.0949. The Balaban J connectivity index is 0.796. The number of nitrogens with one attached hydrogen (secondary N) is 2. The van der Waals surface area contributed by atoms with Crippen LogP contribution in [0.15, 0.2) is 54.9 Å². The zero-order chi connectivity index (χ0) is 40.1. The summed E-state index contributed by atoms with van der Waals surface area (Å²) in [4.78, 5) is 63.6. The molecule has 1 aromatic carbocycles. The number of aromatic nitrogens is 5. The molecule has 0 saturated carbocycles. The highest BCUT2D eigenvalue weighted by atomic mass is 32.1. The van der Waals surface area contributed by atoms with Gasteiger partial charge in [0.05, 0.1) is 45.4 Å². The van der Waals surface area contributed by atoms with Crippen molar-refractivity contribution in [2.75, 3.05) is 49.5 Å². The standard InChI is InChI=1S/C41H42N12O4S/c1-24(2)45-32-19-33(34-6-4-28-17-26(20-42)21-44-53(28)34)43-22-31(32)38-47-48-41(58-38)51-15-13-50(14-16-51)27-9-11-49(12-10-27)23-25-3-5-29-30(18-25)40(57)52(39(29)56)35-7-8-36(54)46-37(35)55/h3-6,17-19,21-22,24,27,35H,7-16,23H2,1-2H3,(H,43,45)(H,46,54,55). The molecular weight excluding hydrogens is 757 g/mol. The lowest BCUT2D eigenvalue weighted by atomic mass is 10.0. The fourth-order valence-electron chi connectivity index (χ4n) is 8.50. The van der Waals surface area contributed by atoms with Crippen molar-refractivity contribution >= 4 is 51.3 Å². The van der Waals surface area contributed by atoms with Crippen LogP contribution in [0.25, 0.3) is 27.5 Å². The van der Waals surface area contributed by atoms with E-state index in [2.05, 4.69) is 60.5 Å². The summed E-state index contributed by atoms with van der Waals surface area (Å²) in [6.07, 6.45) is 5.72. The third-order valence-electron chi connectivity index (χ3n) is 11.5. The lowest BCUT2D eigenvalue weighted by molar-refractivity contribution is -0.136. The van der Waals surface area contributed by atoms with E-state index in [0.29, 0.717) is 29.3 Å². The molecule has 4 aromatic heterocycles. The summed E-state index contributed by atoms with van der Waals surface area (Å²) in [5, 5.41) is 30.5. The van der Waals surface area contributed by atoms with Crippen molar-refractivity contribution in [1.29, 1.82) is 5.26 Å². The molecule has 1 unspecified atom stereocenters. The van der Waals surface area contributed by atoms with Gasteiger partial charge in [-0.15, -0.1) is 10.2 Å². The van der Waals surface area contributed by atoms with Crippen LogP contribution in [0.3, 0.4) is 0 Å². The van der Waals surface area contributed by atoms with Crippen LogP contribution in [-0.4, -0.2) is 121 Å². The normalized spacial score (nSPS) is 19.6. The SMILES string of the molecule is CC(C)Nc1cc(-c2ccc3cc(C#N)cnn23)ncc1-c1nnc(N2CCN(C3CCN(Cc4ccc5c(c4)C(=O)N(C4CCC(=O)NC4=O)C5=O)CC3)CC2)s1. The number of amides is 4. The van der Waals surface area contributed by atoms with E-state index < -0.39 is 23.8 Å². The minimum atomic E-state index is -0.968. The second-order valence-electron chi connectivity index (χ2n) is 15.6. The van der Waals surface area contributed by atoms with E-state index in [0.717, 1.165) is 101 Å². The van der Waals surface area contributed by atoms with Gasteiger partial charge in [-0.25, -0.2) is 4.52 Å². The number of nitrogens with zero attached hydrogens (tertiary/aromatic N) is 10. The maximum Gasteiger partial charge on any atom is 0.262 e. The molecule has 8 heterocycles. The molecule has 4 aliphatic rings. The summed E-state index contributed by atoms with van der Waals surface area (Å²) in [6.45, 7) is 10.3. The lowest BCUT2D eigenvalue weighted by Gasteiger charge is -2.42. The van der Waals surface area contributed by atoms with Gasteiger partial charge in [0, 0.05) is 63.1 Å². The third kappa shape index (κ3) is 7.07. The first-order valence-electron chi connectivity index (χ1n) is 19.7. The van der Waals surface area contributed by atoms with Gasteiger partial charge < -0.3 is 10.2 Å². The number of likely N-dealkylation sites (tertiary alicyclic amines) is 1. The lowest BCUT2D eigenvalue weighted by Crippen LogP contribution is -2.54. The van der Waals surface area contributed by atoms with Gasteiger partial charge in [-0.3, -0.25) is 44.2 Å². The van der Waals surface area contributed by atoms with Crippen LogP contribution in [0.2, 0.25) is 0 Å². The van der Waals surface area contributed by atoms with Gasteiger partial charge in [-0.2, -0.15) is 10.4 Å². The van der Waals surface area contributed by atoms with Crippen molar-refractivity contribution in [1.82, 2.24) is 44.8 Å². The van der Waals surface area contributed by atoms with E-state index in [4.69, 9.17) is 4.98 Å². The number of piperazine rings is 1. The molecule has 3 saturated heterocycles. The van der Waals surface area contributed by atoms with E-state index in [1.807, 2.05) is 36.5 Å². The van der Waals surface area contributed by atoms with Crippen LogP contribution < -0.4 is 15.5 Å². The van der Waals surface area contributed by atoms with Gasteiger partial charge in [0.1, 0.15) is 12.1 Å². The summed E-state index contributed by atoms with van der Waals surface area (Å²) in [5.74, 6) is -1.95. The highest BCUT2D eigenvalue weighted by molar-refractivity contribution is 7.18. The molecule has 3 fully saturated rings. The summed E-state index contributed by atoms with van der Waals surface area (Å²) in [6, 6.07) is 14.9. The molecule has 296 valence electrons. The summed E-state index contributed by atoms with van der Waals surface area (Å²) < 4.78 is 1.79. The van der Waals surface area contributed by atoms with E-state index in [1.165, 1.54) is 0 Å². The van der Waals surface area contributed by atoms with Crippen LogP contribution in [0.1, 0.15) is 71.4 Å². The van der Waals surface area contributed by atoms with Crippen LogP contribution in [0.5, 0.6) is 0 Å². The van der Waals surface area contributed by atoms with Gasteiger partial charge in [0.25, 0.3) is 11.8 Å². The highest BCUT2D eigenvalue weighted by Gasteiger charge is 2.44. The van der Waals surface area contributed by atoms with Gasteiger partial charge in [-0.1, -0.05) is 17.4 Å². The number of fused-ring (bicyclic) bond motifs is 2. The van der Waals surface area contributed by atoms with Gasteiger partial charge in [0.2, 0.25) is 16.9 Å². The van der Waals surface area contributed by atoms with Crippen LogP contribution in [-0.2, 0) is 16.1 Å². The number of hydrogen-bond acceptors (Lipinski definition) is 14. The number of hydrogen-bond donors (Lipinski definition) is 2. The Bertz CT molecular complexity index is 2490. The second-order valence-corrected chi connectivity index (χ2v) is 16.5. The largest absolute Gasteiger partial charge is 0.382 e. The predicted molar refractivity (Wildman–Crippen MR) is 216 cm³/mol. The summed E-state index contributed by atoms with van der Waals surface area (Å²) >= 11 is 1.57. The molecule has 17 heteroatoms. The first-order valence-corrected chi connectivity index (χ1v) is 20.5. The molecule has 1 atom stereocenters. The number of anilines is 2. The Morgan fingerprint density at radius 2 is 1.69 bits per heavy atom. The van der Waals surface area contributed by atoms with Crippen LogP contribution in [0, 0.1) is 11.3 Å². The Morgan fingerprint density at radius 3 is 2.45 bits per heavy atom. The Morgan fingerprint density at radius 1 is 0.897 bits per heavy atom. The molecule has 4 aliphatic heterocycles. The average molecular weight is 799 g/mol. The Kier molecular flexibility index (Phi) is 9.92. The van der Waals surface area contributed by atoms with Crippen molar-refractivity contribution in [3.8, 4) is 28.0 Å². The number of pyridine rings is 1. The molecule has 0 radical (unpaired) electrons. The van der Waals surface area contributed by atoms with E-state index in [1.54, 1.807) is 34.2 Å². The Labute approximate surface area is 338 Å².